The van der Waals surface area contributed by atoms with Gasteiger partial charge in [-0.05, 0) is 23.8 Å². The number of hydrogen-bond donors (Lipinski definition) is 0. The van der Waals surface area contributed by atoms with Crippen molar-refractivity contribution in [1.82, 2.24) is 4.90 Å². The summed E-state index contributed by atoms with van der Waals surface area (Å²) in [4.78, 5) is 36.2. The first-order valence-electron chi connectivity index (χ1n) is 6.37. The second kappa shape index (κ2) is 5.34. The maximum atomic E-state index is 12.4. The minimum atomic E-state index is -0.646. The molecule has 2 aromatic carbocycles. The van der Waals surface area contributed by atoms with Crippen molar-refractivity contribution in [1.29, 1.82) is 0 Å². The van der Waals surface area contributed by atoms with Crippen LogP contribution in [0.3, 0.4) is 0 Å². The van der Waals surface area contributed by atoms with Crippen LogP contribution in [0.15, 0.2) is 46.9 Å². The summed E-state index contributed by atoms with van der Waals surface area (Å²) in [6.07, 6.45) is 0. The highest BCUT2D eigenvalue weighted by Crippen LogP contribution is 2.31. The number of benzene rings is 2. The van der Waals surface area contributed by atoms with E-state index in [1.165, 1.54) is 18.2 Å². The Kier molecular flexibility index (Phi) is 3.50. The summed E-state index contributed by atoms with van der Waals surface area (Å²) in [5, 5.41) is 11.0. The zero-order valence-corrected chi connectivity index (χ0v) is 12.7. The minimum Gasteiger partial charge on any atom is -0.270 e. The molecular formula is C15H9BrN2O4. The van der Waals surface area contributed by atoms with Crippen molar-refractivity contribution in [3.63, 3.8) is 0 Å². The molecule has 0 atom stereocenters. The third-order valence-corrected chi connectivity index (χ3v) is 3.90. The Bertz CT molecular complexity index is 819. The minimum absolute atomic E-state index is 0.0724. The molecule has 0 N–H and O–H groups in total. The maximum absolute atomic E-state index is 12.4. The highest BCUT2D eigenvalue weighted by molar-refractivity contribution is 9.10. The summed E-state index contributed by atoms with van der Waals surface area (Å²) in [5.74, 6) is -1.14. The molecule has 0 saturated carbocycles. The van der Waals surface area contributed by atoms with Gasteiger partial charge in [-0.1, -0.05) is 34.1 Å². The molecule has 0 saturated heterocycles. The number of hydrogen-bond acceptors (Lipinski definition) is 4. The van der Waals surface area contributed by atoms with Crippen LogP contribution in [0.5, 0.6) is 0 Å². The van der Waals surface area contributed by atoms with Crippen molar-refractivity contribution in [2.75, 3.05) is 0 Å². The second-order valence-electron chi connectivity index (χ2n) is 4.78. The Balaban J connectivity index is 2.00. The van der Waals surface area contributed by atoms with Crippen molar-refractivity contribution in [2.24, 2.45) is 0 Å². The highest BCUT2D eigenvalue weighted by atomic mass is 79.9. The van der Waals surface area contributed by atoms with Crippen molar-refractivity contribution >= 4 is 33.4 Å². The zero-order chi connectivity index (χ0) is 15.9. The molecule has 1 aliphatic heterocycles. The first-order valence-corrected chi connectivity index (χ1v) is 7.16. The average Bonchev–Trinajstić information content (AvgIpc) is 2.72. The molecule has 2 amide bonds. The second-order valence-corrected chi connectivity index (χ2v) is 5.70. The number of carbonyl (C=O) groups excluding carboxylic acids is 2. The molecule has 0 spiro atoms. The number of nitro benzene ring substituents is 1. The normalized spacial score (nSPS) is 13.4. The number of nitro groups is 1. The molecular weight excluding hydrogens is 352 g/mol. The molecule has 0 bridgehead atoms. The SMILES string of the molecule is O=C1c2cccc([N+](=O)[O-])c2C(=O)N1Cc1cccc(Br)c1. The monoisotopic (exact) mass is 360 g/mol. The van der Waals surface area contributed by atoms with E-state index >= 15 is 0 Å². The lowest BCUT2D eigenvalue weighted by Gasteiger charge is -2.13. The number of halogens is 1. The maximum Gasteiger partial charge on any atom is 0.282 e. The van der Waals surface area contributed by atoms with Crippen molar-refractivity contribution in [3.05, 3.63) is 73.7 Å². The number of rotatable bonds is 3. The zero-order valence-electron chi connectivity index (χ0n) is 11.2. The average molecular weight is 361 g/mol. The molecule has 3 rings (SSSR count). The first-order chi connectivity index (χ1) is 10.5. The molecule has 0 aliphatic carbocycles. The van der Waals surface area contributed by atoms with E-state index in [1.54, 1.807) is 18.2 Å². The predicted octanol–water partition coefficient (Wildman–Crippen LogP) is 3.15. The van der Waals surface area contributed by atoms with Crippen LogP contribution in [0.25, 0.3) is 0 Å². The smallest absolute Gasteiger partial charge is 0.270 e. The fourth-order valence-electron chi connectivity index (χ4n) is 2.43. The summed E-state index contributed by atoms with van der Waals surface area (Å²) < 4.78 is 0.826. The fourth-order valence-corrected chi connectivity index (χ4v) is 2.88. The largest absolute Gasteiger partial charge is 0.282 e. The van der Waals surface area contributed by atoms with Gasteiger partial charge in [0.25, 0.3) is 17.5 Å². The van der Waals surface area contributed by atoms with Gasteiger partial charge < -0.3 is 0 Å². The van der Waals surface area contributed by atoms with E-state index in [0.717, 1.165) is 14.9 Å². The van der Waals surface area contributed by atoms with Crippen LogP contribution in [-0.4, -0.2) is 21.6 Å². The van der Waals surface area contributed by atoms with Crippen LogP contribution in [0, 0.1) is 10.1 Å². The molecule has 1 aliphatic rings. The molecule has 0 radical (unpaired) electrons. The van der Waals surface area contributed by atoms with Crippen LogP contribution >= 0.6 is 15.9 Å². The van der Waals surface area contributed by atoms with Gasteiger partial charge in [-0.15, -0.1) is 0 Å². The van der Waals surface area contributed by atoms with E-state index < -0.39 is 16.7 Å². The van der Waals surface area contributed by atoms with Crippen LogP contribution in [0.4, 0.5) is 5.69 Å². The van der Waals surface area contributed by atoms with E-state index in [4.69, 9.17) is 0 Å². The number of imide groups is 1. The van der Waals surface area contributed by atoms with Gasteiger partial charge in [-0.25, -0.2) is 0 Å². The number of amides is 2. The highest BCUT2D eigenvalue weighted by Gasteiger charge is 2.40. The number of nitrogens with zero attached hydrogens (tertiary/aromatic N) is 2. The van der Waals surface area contributed by atoms with E-state index in [2.05, 4.69) is 15.9 Å². The summed E-state index contributed by atoms with van der Waals surface area (Å²) in [6.45, 7) is 0.0724. The quantitative estimate of drug-likeness (QED) is 0.478. The van der Waals surface area contributed by atoms with Crippen molar-refractivity contribution in [2.45, 2.75) is 6.54 Å². The number of fused-ring (bicyclic) bond motifs is 1. The van der Waals surface area contributed by atoms with Gasteiger partial charge >= 0.3 is 0 Å². The Labute approximate surface area is 133 Å². The third kappa shape index (κ3) is 2.29. The van der Waals surface area contributed by atoms with Crippen molar-refractivity contribution in [3.8, 4) is 0 Å². The lowest BCUT2D eigenvalue weighted by Crippen LogP contribution is -2.29. The van der Waals surface area contributed by atoms with Crippen LogP contribution in [-0.2, 0) is 6.54 Å². The van der Waals surface area contributed by atoms with Crippen LogP contribution in [0.2, 0.25) is 0 Å². The summed E-state index contributed by atoms with van der Waals surface area (Å²) in [5.41, 5.74) is 0.362. The molecule has 7 heteroatoms. The summed E-state index contributed by atoms with van der Waals surface area (Å²) in [6, 6.07) is 11.3. The van der Waals surface area contributed by atoms with Crippen LogP contribution < -0.4 is 0 Å². The van der Waals surface area contributed by atoms with Gasteiger partial charge in [0.15, 0.2) is 0 Å². The van der Waals surface area contributed by atoms with Gasteiger partial charge in [0.05, 0.1) is 17.0 Å². The number of carbonyl (C=O) groups is 2. The van der Waals surface area contributed by atoms with E-state index in [1.807, 2.05) is 6.07 Å². The lowest BCUT2D eigenvalue weighted by atomic mass is 10.1. The Morgan fingerprint density at radius 3 is 2.50 bits per heavy atom. The Hall–Kier alpha value is -2.54. The molecule has 2 aromatic rings. The molecule has 1 heterocycles. The third-order valence-electron chi connectivity index (χ3n) is 3.40. The van der Waals surface area contributed by atoms with E-state index in [-0.39, 0.29) is 23.4 Å². The van der Waals surface area contributed by atoms with Gasteiger partial charge in [0.1, 0.15) is 5.56 Å². The Morgan fingerprint density at radius 1 is 1.09 bits per heavy atom. The topological polar surface area (TPSA) is 80.5 Å². The van der Waals surface area contributed by atoms with Gasteiger partial charge in [-0.2, -0.15) is 0 Å². The van der Waals surface area contributed by atoms with Crippen molar-refractivity contribution < 1.29 is 14.5 Å². The molecule has 110 valence electrons. The fraction of sp³-hybridized carbons (Fsp3) is 0.0667. The first kappa shape index (κ1) is 14.4. The van der Waals surface area contributed by atoms with Gasteiger partial charge in [0, 0.05) is 10.5 Å². The molecule has 0 fully saturated rings. The van der Waals surface area contributed by atoms with Gasteiger partial charge in [-0.3, -0.25) is 24.6 Å². The summed E-state index contributed by atoms with van der Waals surface area (Å²) in [7, 11) is 0. The van der Waals surface area contributed by atoms with Crippen LogP contribution in [0.1, 0.15) is 26.3 Å². The molecule has 0 unspecified atom stereocenters. The van der Waals surface area contributed by atoms with E-state index in [0.29, 0.717) is 0 Å². The predicted molar refractivity (Wildman–Crippen MR) is 81.4 cm³/mol. The standard InChI is InChI=1S/C15H9BrN2O4/c16-10-4-1-3-9(7-10)8-17-14(19)11-5-2-6-12(18(21)22)13(11)15(17)20/h1-7H,8H2. The Morgan fingerprint density at radius 2 is 1.82 bits per heavy atom. The lowest BCUT2D eigenvalue weighted by molar-refractivity contribution is -0.385. The molecule has 0 aromatic heterocycles. The van der Waals surface area contributed by atoms with E-state index in [9.17, 15) is 19.7 Å². The molecule has 6 nitrogen and oxygen atoms in total. The van der Waals surface area contributed by atoms with Gasteiger partial charge in [0.2, 0.25) is 0 Å². The molecule has 22 heavy (non-hydrogen) atoms. The summed E-state index contributed by atoms with van der Waals surface area (Å²) >= 11 is 3.32.